The van der Waals surface area contributed by atoms with E-state index in [-0.39, 0.29) is 30.4 Å². The number of amides is 2. The van der Waals surface area contributed by atoms with Crippen LogP contribution in [0.3, 0.4) is 0 Å². The summed E-state index contributed by atoms with van der Waals surface area (Å²) in [6.07, 6.45) is -3.99. The molecule has 2 aliphatic rings. The lowest BCUT2D eigenvalue weighted by molar-refractivity contribution is -0.765. The van der Waals surface area contributed by atoms with Gasteiger partial charge in [-0.3, -0.25) is 38.4 Å². The summed E-state index contributed by atoms with van der Waals surface area (Å²) in [4.78, 5) is 96.8. The van der Waals surface area contributed by atoms with Crippen molar-refractivity contribution in [1.82, 2.24) is 0 Å². The van der Waals surface area contributed by atoms with Gasteiger partial charge in [0.1, 0.15) is 36.5 Å². The lowest BCUT2D eigenvalue weighted by Crippen LogP contribution is -2.48. The molecule has 0 bridgehead atoms. The first-order chi connectivity index (χ1) is 26.0. The van der Waals surface area contributed by atoms with E-state index in [1.165, 1.54) is 58.2 Å². The molecule has 0 aromatic carbocycles. The van der Waals surface area contributed by atoms with Gasteiger partial charge in [-0.2, -0.15) is 9.13 Å². The first kappa shape index (κ1) is 41.7. The molecule has 0 spiro atoms. The summed E-state index contributed by atoms with van der Waals surface area (Å²) in [6.45, 7) is 3.69. The molecular formula is C35H42N4O16+2. The van der Waals surface area contributed by atoms with Crippen LogP contribution in [-0.2, 0) is 66.7 Å². The Labute approximate surface area is 313 Å². The molecule has 2 aliphatic heterocycles. The molecule has 8 atom stereocenters. The zero-order valence-electron chi connectivity index (χ0n) is 30.4. The van der Waals surface area contributed by atoms with Gasteiger partial charge < -0.3 is 49.4 Å². The molecule has 2 saturated heterocycles. The van der Waals surface area contributed by atoms with Gasteiger partial charge in [-0.25, -0.2) is 0 Å². The Hall–Kier alpha value is -6.02. The quantitative estimate of drug-likeness (QED) is 0.117. The van der Waals surface area contributed by atoms with Crippen LogP contribution in [0.1, 0.15) is 80.1 Å². The van der Waals surface area contributed by atoms with E-state index in [9.17, 15) is 38.4 Å². The molecule has 0 aliphatic carbocycles. The lowest BCUT2D eigenvalue weighted by Gasteiger charge is -2.21. The zero-order valence-corrected chi connectivity index (χ0v) is 30.4. The number of primary amides is 2. The molecular weight excluding hydrogens is 732 g/mol. The topological polar surface area (TPSA) is 270 Å². The van der Waals surface area contributed by atoms with Crippen molar-refractivity contribution in [3.05, 3.63) is 60.2 Å². The Balaban J connectivity index is 1.34. The number of carbonyl (C=O) groups excluding carboxylic acids is 8. The summed E-state index contributed by atoms with van der Waals surface area (Å²) < 4.78 is 47.2. The predicted molar refractivity (Wildman–Crippen MR) is 176 cm³/mol. The van der Waals surface area contributed by atoms with Gasteiger partial charge in [0.05, 0.1) is 0 Å². The number of aromatic nitrogens is 2. The van der Waals surface area contributed by atoms with Crippen LogP contribution in [0.4, 0.5) is 0 Å². The first-order valence-electron chi connectivity index (χ1n) is 17.0. The highest BCUT2D eigenvalue weighted by Gasteiger charge is 2.56. The van der Waals surface area contributed by atoms with E-state index in [4.69, 9.17) is 49.4 Å². The summed E-state index contributed by atoms with van der Waals surface area (Å²) >= 11 is 0. The van der Waals surface area contributed by atoms with Gasteiger partial charge in [0.2, 0.25) is 12.2 Å². The van der Waals surface area contributed by atoms with Crippen LogP contribution in [0.2, 0.25) is 0 Å². The number of ether oxygens (including phenoxy) is 8. The maximum absolute atomic E-state index is 12.7. The van der Waals surface area contributed by atoms with Crippen molar-refractivity contribution in [2.75, 3.05) is 13.2 Å². The van der Waals surface area contributed by atoms with Gasteiger partial charge in [0, 0.05) is 52.7 Å². The second-order valence-electron chi connectivity index (χ2n) is 12.5. The number of esters is 6. The zero-order chi connectivity index (χ0) is 40.4. The van der Waals surface area contributed by atoms with Gasteiger partial charge in [-0.1, -0.05) is 0 Å². The highest BCUT2D eigenvalue weighted by Crippen LogP contribution is 2.33. The summed E-state index contributed by atoms with van der Waals surface area (Å²) in [5.74, 6) is -5.84. The Kier molecular flexibility index (Phi) is 14.3. The molecule has 20 heteroatoms. The second kappa shape index (κ2) is 18.8. The second-order valence-corrected chi connectivity index (χ2v) is 12.5. The molecule has 296 valence electrons. The van der Waals surface area contributed by atoms with Gasteiger partial charge in [-0.05, 0) is 18.6 Å². The molecule has 55 heavy (non-hydrogen) atoms. The van der Waals surface area contributed by atoms with Crippen LogP contribution < -0.4 is 20.6 Å². The monoisotopic (exact) mass is 774 g/mol. The third-order valence-electron chi connectivity index (χ3n) is 8.16. The maximum Gasteiger partial charge on any atom is 0.305 e. The van der Waals surface area contributed by atoms with Crippen LogP contribution in [0, 0.1) is 0 Å². The van der Waals surface area contributed by atoms with E-state index in [1.54, 1.807) is 0 Å². The van der Waals surface area contributed by atoms with Crippen LogP contribution in [-0.4, -0.2) is 97.5 Å². The Morgan fingerprint density at radius 3 is 1.25 bits per heavy atom. The summed E-state index contributed by atoms with van der Waals surface area (Å²) in [7, 11) is 0. The molecule has 4 heterocycles. The normalized spacial score (nSPS) is 24.2. The van der Waals surface area contributed by atoms with E-state index in [2.05, 4.69) is 0 Å². The average Bonchev–Trinajstić information content (AvgIpc) is 3.61. The molecule has 2 aromatic heterocycles. The smallest absolute Gasteiger partial charge is 0.305 e. The van der Waals surface area contributed by atoms with Crippen molar-refractivity contribution in [1.29, 1.82) is 0 Å². The number of rotatable bonds is 16. The molecule has 2 aromatic rings. The Bertz CT molecular complexity index is 1680. The van der Waals surface area contributed by atoms with Crippen molar-refractivity contribution in [2.45, 2.75) is 96.0 Å². The minimum Gasteiger partial charge on any atom is -0.463 e. The van der Waals surface area contributed by atoms with E-state index >= 15 is 0 Å². The van der Waals surface area contributed by atoms with Crippen LogP contribution in [0.25, 0.3) is 0 Å². The van der Waals surface area contributed by atoms with Crippen molar-refractivity contribution in [2.24, 2.45) is 11.5 Å². The molecule has 2 fully saturated rings. The Morgan fingerprint density at radius 1 is 0.582 bits per heavy atom. The molecule has 0 radical (unpaired) electrons. The van der Waals surface area contributed by atoms with Crippen molar-refractivity contribution >= 4 is 47.6 Å². The summed E-state index contributed by atoms with van der Waals surface area (Å²) in [5, 5.41) is 0. The van der Waals surface area contributed by atoms with E-state index in [0.29, 0.717) is 0 Å². The molecule has 0 saturated carbocycles. The fraction of sp³-hybridized carbons (Fsp3) is 0.486. The number of carbonyl (C=O) groups is 8. The Morgan fingerprint density at radius 2 is 0.927 bits per heavy atom. The molecule has 4 N–H and O–H groups in total. The molecule has 4 rings (SSSR count). The van der Waals surface area contributed by atoms with Crippen LogP contribution in [0.5, 0.6) is 0 Å². The number of nitrogens with two attached hydrogens (primary N) is 2. The van der Waals surface area contributed by atoms with Crippen molar-refractivity contribution in [3.8, 4) is 0 Å². The van der Waals surface area contributed by atoms with Gasteiger partial charge in [-0.15, -0.1) is 0 Å². The largest absolute Gasteiger partial charge is 0.463 e. The van der Waals surface area contributed by atoms with E-state index in [1.807, 2.05) is 0 Å². The molecule has 2 amide bonds. The predicted octanol–water partition coefficient (Wildman–Crippen LogP) is -1.06. The third kappa shape index (κ3) is 11.5. The fourth-order valence-corrected chi connectivity index (χ4v) is 5.93. The molecule has 20 nitrogen and oxygen atoms in total. The van der Waals surface area contributed by atoms with Gasteiger partial charge in [0.15, 0.2) is 37.0 Å². The average molecular weight is 775 g/mol. The standard InChI is InChI=1S/C35H40N4O16/c1-18(40)50-28-24(54-34(30(28)52-20(3)42)38-12-6-8-22(14-38)32(36)46)16-48-26(44)10-5-11-27(45)49-17-25-29(51-19(2)41)31(53-21(4)43)35(55-25)39-13-7-9-23(15-39)33(37)47/h6-9,12-15,24-25,28-31,34-35H,5,10-11,16-17H2,1-4H3,(H2-2,36,37,46,47)/p+2/t24-,25-,28-,29-,30-,31-,34-,35-/m1/s1. The lowest BCUT2D eigenvalue weighted by atomic mass is 10.1. The maximum atomic E-state index is 12.7. The minimum absolute atomic E-state index is 0.0155. The van der Waals surface area contributed by atoms with Gasteiger partial charge >= 0.3 is 48.3 Å². The number of hydrogen-bond donors (Lipinski definition) is 2. The van der Waals surface area contributed by atoms with Crippen LogP contribution in [0.15, 0.2) is 49.1 Å². The minimum atomic E-state index is -1.21. The highest BCUT2D eigenvalue weighted by atomic mass is 16.7. The summed E-state index contributed by atoms with van der Waals surface area (Å²) in [5.41, 5.74) is 11.0. The number of pyridine rings is 2. The fourth-order valence-electron chi connectivity index (χ4n) is 5.93. The van der Waals surface area contributed by atoms with Crippen molar-refractivity contribution in [3.63, 3.8) is 0 Å². The summed E-state index contributed by atoms with van der Waals surface area (Å²) in [6, 6.07) is 5.93. The molecule has 0 unspecified atom stereocenters. The first-order valence-corrected chi connectivity index (χ1v) is 17.0. The van der Waals surface area contributed by atoms with Gasteiger partial charge in [0.25, 0.3) is 11.8 Å². The van der Waals surface area contributed by atoms with E-state index in [0.717, 1.165) is 27.7 Å². The SMILES string of the molecule is CC(=O)O[C@@H]1[C@H](OC(C)=O)[C@@H](COC(=O)CCCC(=O)OC[C@H]2O[C@@H]([n+]3cccc(C(N)=O)c3)[C@H](OC(C)=O)[C@@H]2OC(C)=O)O[C@H]1[n+]1cccc(C(N)=O)c1. The van der Waals surface area contributed by atoms with Crippen molar-refractivity contribution < 1.29 is 85.4 Å². The highest BCUT2D eigenvalue weighted by molar-refractivity contribution is 5.92. The number of nitrogens with zero attached hydrogens (tertiary/aromatic N) is 2. The number of hydrogen-bond acceptors (Lipinski definition) is 16. The van der Waals surface area contributed by atoms with E-state index < -0.39 is 110 Å². The van der Waals surface area contributed by atoms with Crippen LogP contribution >= 0.6 is 0 Å². The third-order valence-corrected chi connectivity index (χ3v) is 8.16.